The zero-order valence-corrected chi connectivity index (χ0v) is 13.8. The highest BCUT2D eigenvalue weighted by molar-refractivity contribution is 5.92. The predicted octanol–water partition coefficient (Wildman–Crippen LogP) is 4.31. The Bertz CT molecular complexity index is 935. The van der Waals surface area contributed by atoms with E-state index >= 15 is 0 Å². The molecule has 0 radical (unpaired) electrons. The maximum absolute atomic E-state index is 13.5. The highest BCUT2D eigenvalue weighted by atomic mass is 19.2. The van der Waals surface area contributed by atoms with Crippen molar-refractivity contribution in [1.82, 2.24) is 4.98 Å². The molecule has 0 saturated heterocycles. The van der Waals surface area contributed by atoms with Gasteiger partial charge in [0.1, 0.15) is 11.5 Å². The van der Waals surface area contributed by atoms with Gasteiger partial charge in [0.25, 0.3) is 5.91 Å². The Morgan fingerprint density at radius 3 is 2.37 bits per heavy atom. The van der Waals surface area contributed by atoms with Crippen LogP contribution < -0.4 is 14.8 Å². The molecule has 0 spiro atoms. The summed E-state index contributed by atoms with van der Waals surface area (Å²) in [5, 5.41) is 2.11. The van der Waals surface area contributed by atoms with Crippen LogP contribution in [0.4, 0.5) is 18.9 Å². The van der Waals surface area contributed by atoms with Crippen molar-refractivity contribution in [2.45, 2.75) is 0 Å². The number of benzene rings is 2. The first-order valence-electron chi connectivity index (χ1n) is 7.78. The fraction of sp³-hybridized carbons (Fsp3) is 0.0526. The van der Waals surface area contributed by atoms with Crippen LogP contribution >= 0.6 is 0 Å². The molecule has 3 aromatic rings. The number of nitrogens with one attached hydrogen (secondary N) is 1. The Kier molecular flexibility index (Phi) is 5.55. The van der Waals surface area contributed by atoms with Gasteiger partial charge in [-0.25, -0.2) is 18.2 Å². The summed E-state index contributed by atoms with van der Waals surface area (Å²) in [7, 11) is 0. The molecule has 1 N–H and O–H groups in total. The molecule has 27 heavy (non-hydrogen) atoms. The van der Waals surface area contributed by atoms with Crippen molar-refractivity contribution >= 4 is 11.6 Å². The first-order valence-corrected chi connectivity index (χ1v) is 7.78. The van der Waals surface area contributed by atoms with Crippen molar-refractivity contribution < 1.29 is 27.4 Å². The average Bonchev–Trinajstić information content (AvgIpc) is 2.69. The third kappa shape index (κ3) is 4.75. The van der Waals surface area contributed by atoms with Crippen molar-refractivity contribution in [2.24, 2.45) is 0 Å². The smallest absolute Gasteiger partial charge is 0.262 e. The standard InChI is InChI=1S/C19H13F3N2O3/c20-14-8-9-15(19(22)18(14)21)24-16(25)11-26-12-4-6-13(7-5-12)27-17-3-1-2-10-23-17/h1-10H,11H2,(H,24,25). The fourth-order valence-electron chi connectivity index (χ4n) is 2.09. The van der Waals surface area contributed by atoms with Crippen LogP contribution in [0.5, 0.6) is 17.4 Å². The lowest BCUT2D eigenvalue weighted by Crippen LogP contribution is -2.21. The number of aromatic nitrogens is 1. The van der Waals surface area contributed by atoms with E-state index in [1.54, 1.807) is 48.7 Å². The average molecular weight is 374 g/mol. The highest BCUT2D eigenvalue weighted by Crippen LogP contribution is 2.22. The van der Waals surface area contributed by atoms with Crippen LogP contribution in [0.15, 0.2) is 60.8 Å². The number of pyridine rings is 1. The predicted molar refractivity (Wildman–Crippen MR) is 91.2 cm³/mol. The van der Waals surface area contributed by atoms with Crippen molar-refractivity contribution in [2.75, 3.05) is 11.9 Å². The highest BCUT2D eigenvalue weighted by Gasteiger charge is 2.15. The van der Waals surface area contributed by atoms with Gasteiger partial charge in [-0.05, 0) is 42.5 Å². The summed E-state index contributed by atoms with van der Waals surface area (Å²) in [4.78, 5) is 15.8. The van der Waals surface area contributed by atoms with Crippen LogP contribution in [-0.4, -0.2) is 17.5 Å². The minimum atomic E-state index is -1.66. The molecule has 0 unspecified atom stereocenters. The lowest BCUT2D eigenvalue weighted by atomic mass is 10.3. The first kappa shape index (κ1) is 18.2. The van der Waals surface area contributed by atoms with Crippen molar-refractivity contribution in [3.8, 4) is 17.4 Å². The lowest BCUT2D eigenvalue weighted by molar-refractivity contribution is -0.118. The Morgan fingerprint density at radius 2 is 1.67 bits per heavy atom. The number of anilines is 1. The monoisotopic (exact) mass is 374 g/mol. The zero-order chi connectivity index (χ0) is 19.2. The Labute approximate surface area is 152 Å². The van der Waals surface area contributed by atoms with Gasteiger partial charge in [-0.15, -0.1) is 0 Å². The molecule has 8 heteroatoms. The van der Waals surface area contributed by atoms with E-state index in [0.29, 0.717) is 17.4 Å². The normalized spacial score (nSPS) is 10.3. The van der Waals surface area contributed by atoms with E-state index in [0.717, 1.165) is 12.1 Å². The quantitative estimate of drug-likeness (QED) is 0.653. The van der Waals surface area contributed by atoms with Gasteiger partial charge in [0, 0.05) is 12.3 Å². The van der Waals surface area contributed by atoms with Gasteiger partial charge < -0.3 is 14.8 Å². The SMILES string of the molecule is O=C(COc1ccc(Oc2ccccn2)cc1)Nc1ccc(F)c(F)c1F. The largest absolute Gasteiger partial charge is 0.484 e. The van der Waals surface area contributed by atoms with Crippen molar-refractivity contribution in [3.05, 3.63) is 78.2 Å². The Hall–Kier alpha value is -3.55. The molecule has 0 aliphatic heterocycles. The van der Waals surface area contributed by atoms with Crippen LogP contribution in [0.3, 0.4) is 0 Å². The minimum Gasteiger partial charge on any atom is -0.484 e. The summed E-state index contributed by atoms with van der Waals surface area (Å²) in [6.07, 6.45) is 1.60. The number of hydrogen-bond acceptors (Lipinski definition) is 4. The zero-order valence-electron chi connectivity index (χ0n) is 13.8. The van der Waals surface area contributed by atoms with Gasteiger partial charge in [0.2, 0.25) is 5.88 Å². The van der Waals surface area contributed by atoms with E-state index in [9.17, 15) is 18.0 Å². The number of carbonyl (C=O) groups is 1. The first-order chi connectivity index (χ1) is 13.0. The maximum Gasteiger partial charge on any atom is 0.262 e. The number of nitrogens with zero attached hydrogens (tertiary/aromatic N) is 1. The van der Waals surface area contributed by atoms with Gasteiger partial charge >= 0.3 is 0 Å². The van der Waals surface area contributed by atoms with Gasteiger partial charge in [0.05, 0.1) is 5.69 Å². The summed E-state index contributed by atoms with van der Waals surface area (Å²) in [5.41, 5.74) is -0.471. The van der Waals surface area contributed by atoms with Crippen molar-refractivity contribution in [1.29, 1.82) is 0 Å². The number of amides is 1. The molecule has 138 valence electrons. The summed E-state index contributed by atoms with van der Waals surface area (Å²) in [6.45, 7) is -0.446. The summed E-state index contributed by atoms with van der Waals surface area (Å²) < 4.78 is 50.3. The van der Waals surface area contributed by atoms with E-state index in [4.69, 9.17) is 9.47 Å². The second-order valence-corrected chi connectivity index (χ2v) is 5.30. The third-order valence-corrected chi connectivity index (χ3v) is 3.36. The van der Waals surface area contributed by atoms with E-state index < -0.39 is 35.7 Å². The molecule has 1 heterocycles. The molecule has 5 nitrogen and oxygen atoms in total. The molecule has 0 atom stereocenters. The molecule has 0 aliphatic rings. The molecule has 2 aromatic carbocycles. The van der Waals surface area contributed by atoms with Gasteiger partial charge in [-0.3, -0.25) is 4.79 Å². The molecular weight excluding hydrogens is 361 g/mol. The molecule has 0 fully saturated rings. The van der Waals surface area contributed by atoms with Gasteiger partial charge in [0.15, 0.2) is 24.1 Å². The number of rotatable bonds is 6. The molecule has 1 aromatic heterocycles. The molecule has 3 rings (SSSR count). The van der Waals surface area contributed by atoms with Crippen LogP contribution in [0.1, 0.15) is 0 Å². The third-order valence-electron chi connectivity index (χ3n) is 3.36. The number of ether oxygens (including phenoxy) is 2. The number of carbonyl (C=O) groups excluding carboxylic acids is 1. The van der Waals surface area contributed by atoms with Crippen LogP contribution in [0, 0.1) is 17.5 Å². The summed E-state index contributed by atoms with van der Waals surface area (Å²) >= 11 is 0. The summed E-state index contributed by atoms with van der Waals surface area (Å²) in [5.74, 6) is -3.88. The molecule has 0 bridgehead atoms. The van der Waals surface area contributed by atoms with Gasteiger partial charge in [-0.2, -0.15) is 0 Å². The van der Waals surface area contributed by atoms with Crippen LogP contribution in [0.25, 0.3) is 0 Å². The lowest BCUT2D eigenvalue weighted by Gasteiger charge is -2.09. The van der Waals surface area contributed by atoms with Crippen LogP contribution in [-0.2, 0) is 4.79 Å². The van der Waals surface area contributed by atoms with E-state index in [1.807, 2.05) is 0 Å². The van der Waals surface area contributed by atoms with E-state index in [-0.39, 0.29) is 0 Å². The van der Waals surface area contributed by atoms with Gasteiger partial charge in [-0.1, -0.05) is 6.07 Å². The van der Waals surface area contributed by atoms with Crippen LogP contribution in [0.2, 0.25) is 0 Å². The van der Waals surface area contributed by atoms with E-state index in [2.05, 4.69) is 10.3 Å². The molecule has 0 saturated carbocycles. The second-order valence-electron chi connectivity index (χ2n) is 5.30. The molecule has 1 amide bonds. The number of halogens is 3. The maximum atomic E-state index is 13.5. The Balaban J connectivity index is 1.54. The second kappa shape index (κ2) is 8.22. The molecular formula is C19H13F3N2O3. The topological polar surface area (TPSA) is 60.5 Å². The van der Waals surface area contributed by atoms with Crippen molar-refractivity contribution in [3.63, 3.8) is 0 Å². The number of hydrogen-bond donors (Lipinski definition) is 1. The molecule has 0 aliphatic carbocycles. The fourth-order valence-corrected chi connectivity index (χ4v) is 2.09. The Morgan fingerprint density at radius 1 is 0.926 bits per heavy atom. The summed E-state index contributed by atoms with van der Waals surface area (Å²) in [6, 6.07) is 13.3. The minimum absolute atomic E-state index is 0.365. The van der Waals surface area contributed by atoms with E-state index in [1.165, 1.54) is 0 Å².